The summed E-state index contributed by atoms with van der Waals surface area (Å²) in [5, 5.41) is 0. The molecule has 1 atom stereocenters. The molecule has 0 saturated carbocycles. The van der Waals surface area contributed by atoms with Crippen LogP contribution in [0.2, 0.25) is 0 Å². The Balaban J connectivity index is 2.41. The molecule has 1 aromatic carbocycles. The van der Waals surface area contributed by atoms with Crippen molar-refractivity contribution in [3.8, 4) is 0 Å². The first-order valence-electron chi connectivity index (χ1n) is 8.33. The minimum absolute atomic E-state index is 0.105. The van der Waals surface area contributed by atoms with Gasteiger partial charge in [0.2, 0.25) is 0 Å². The number of carbonyl (C=O) groups is 1. The van der Waals surface area contributed by atoms with Gasteiger partial charge in [-0.05, 0) is 18.9 Å². The topological polar surface area (TPSA) is 26.3 Å². The Kier molecular flexibility index (Phi) is 8.80. The highest BCUT2D eigenvalue weighted by Crippen LogP contribution is 2.24. The lowest BCUT2D eigenvalue weighted by atomic mass is 9.92. The Morgan fingerprint density at radius 2 is 1.57 bits per heavy atom. The number of hydrogen-bond acceptors (Lipinski definition) is 2. The van der Waals surface area contributed by atoms with E-state index in [0.29, 0.717) is 0 Å². The number of unbranched alkanes of at least 4 members (excludes halogenated alkanes) is 6. The van der Waals surface area contributed by atoms with E-state index in [9.17, 15) is 4.79 Å². The quantitative estimate of drug-likeness (QED) is 0.426. The fraction of sp³-hybridized carbons (Fsp3) is 0.632. The smallest absolute Gasteiger partial charge is 0.313 e. The van der Waals surface area contributed by atoms with E-state index < -0.39 is 0 Å². The van der Waals surface area contributed by atoms with Gasteiger partial charge >= 0.3 is 5.97 Å². The molecule has 0 N–H and O–H groups in total. The molecular formula is C19H30O2. The molecule has 0 radical (unpaired) electrons. The minimum atomic E-state index is -0.107. The van der Waals surface area contributed by atoms with Crippen molar-refractivity contribution in [2.75, 3.05) is 7.11 Å². The van der Waals surface area contributed by atoms with Crippen molar-refractivity contribution in [1.82, 2.24) is 0 Å². The van der Waals surface area contributed by atoms with E-state index in [-0.39, 0.29) is 11.9 Å². The molecule has 2 nitrogen and oxygen atoms in total. The molecule has 1 unspecified atom stereocenters. The van der Waals surface area contributed by atoms with E-state index >= 15 is 0 Å². The molecule has 0 aliphatic carbocycles. The summed E-state index contributed by atoms with van der Waals surface area (Å²) in [7, 11) is 1.48. The van der Waals surface area contributed by atoms with Crippen LogP contribution in [0, 0.1) is 6.92 Å². The van der Waals surface area contributed by atoms with Crippen LogP contribution in [0.5, 0.6) is 0 Å². The van der Waals surface area contributed by atoms with Gasteiger partial charge in [-0.2, -0.15) is 0 Å². The maximum absolute atomic E-state index is 12.0. The number of aryl methyl sites for hydroxylation is 1. The zero-order chi connectivity index (χ0) is 15.5. The van der Waals surface area contributed by atoms with Gasteiger partial charge in [0.1, 0.15) is 0 Å². The summed E-state index contributed by atoms with van der Waals surface area (Å²) in [5.74, 6) is -0.212. The molecule has 0 spiro atoms. The Morgan fingerprint density at radius 3 is 2.14 bits per heavy atom. The predicted octanol–water partition coefficient (Wildman–Crippen LogP) is 5.39. The summed E-state index contributed by atoms with van der Waals surface area (Å²) in [5.41, 5.74) is 2.30. The minimum Gasteiger partial charge on any atom is -0.469 e. The van der Waals surface area contributed by atoms with Crippen LogP contribution in [0.1, 0.15) is 75.3 Å². The lowest BCUT2D eigenvalue weighted by Gasteiger charge is -2.15. The molecule has 0 aliphatic heterocycles. The fourth-order valence-corrected chi connectivity index (χ4v) is 2.67. The van der Waals surface area contributed by atoms with Crippen LogP contribution in [0.4, 0.5) is 0 Å². The van der Waals surface area contributed by atoms with Crippen molar-refractivity contribution in [3.05, 3.63) is 35.4 Å². The fourth-order valence-electron chi connectivity index (χ4n) is 2.67. The van der Waals surface area contributed by atoms with E-state index in [1.165, 1.54) is 51.2 Å². The van der Waals surface area contributed by atoms with E-state index in [4.69, 9.17) is 4.74 Å². The molecule has 1 rings (SSSR count). The monoisotopic (exact) mass is 290 g/mol. The van der Waals surface area contributed by atoms with Crippen LogP contribution in [-0.2, 0) is 9.53 Å². The molecule has 0 aliphatic rings. The lowest BCUT2D eigenvalue weighted by Crippen LogP contribution is -2.14. The molecular weight excluding hydrogens is 260 g/mol. The molecule has 118 valence electrons. The predicted molar refractivity (Wildman–Crippen MR) is 88.5 cm³/mol. The lowest BCUT2D eigenvalue weighted by molar-refractivity contribution is -0.142. The summed E-state index contributed by atoms with van der Waals surface area (Å²) in [4.78, 5) is 12.0. The van der Waals surface area contributed by atoms with Gasteiger partial charge in [-0.25, -0.2) is 0 Å². The average molecular weight is 290 g/mol. The largest absolute Gasteiger partial charge is 0.469 e. The van der Waals surface area contributed by atoms with Crippen molar-refractivity contribution < 1.29 is 9.53 Å². The first-order valence-corrected chi connectivity index (χ1v) is 8.33. The number of ether oxygens (including phenoxy) is 1. The van der Waals surface area contributed by atoms with Crippen molar-refractivity contribution in [2.24, 2.45) is 0 Å². The van der Waals surface area contributed by atoms with Crippen molar-refractivity contribution in [1.29, 1.82) is 0 Å². The van der Waals surface area contributed by atoms with E-state index in [1.54, 1.807) is 0 Å². The van der Waals surface area contributed by atoms with Gasteiger partial charge < -0.3 is 4.74 Å². The van der Waals surface area contributed by atoms with Gasteiger partial charge in [-0.3, -0.25) is 4.79 Å². The summed E-state index contributed by atoms with van der Waals surface area (Å²) >= 11 is 0. The molecule has 1 aromatic rings. The van der Waals surface area contributed by atoms with Crippen molar-refractivity contribution in [2.45, 2.75) is 71.1 Å². The number of benzene rings is 1. The zero-order valence-corrected chi connectivity index (χ0v) is 13.9. The third kappa shape index (κ3) is 6.79. The standard InChI is InChI=1S/C19H30O2/c1-4-5-6-7-8-9-10-11-18(19(20)21-3)17-14-12-16(2)13-15-17/h12-15,18H,4-11H2,1-3H3. The Labute approximate surface area is 129 Å². The maximum Gasteiger partial charge on any atom is 0.313 e. The normalized spacial score (nSPS) is 12.1. The van der Waals surface area contributed by atoms with Gasteiger partial charge in [0.15, 0.2) is 0 Å². The van der Waals surface area contributed by atoms with Gasteiger partial charge in [-0.15, -0.1) is 0 Å². The Hall–Kier alpha value is -1.31. The SMILES string of the molecule is CCCCCCCCCC(C(=O)OC)c1ccc(C)cc1. The van der Waals surface area contributed by atoms with E-state index in [1.807, 2.05) is 0 Å². The second-order valence-corrected chi connectivity index (χ2v) is 5.90. The Bertz CT molecular complexity index is 395. The van der Waals surface area contributed by atoms with Crippen LogP contribution in [-0.4, -0.2) is 13.1 Å². The van der Waals surface area contributed by atoms with Crippen LogP contribution < -0.4 is 0 Å². The molecule has 0 bridgehead atoms. The third-order valence-corrected chi connectivity index (χ3v) is 4.06. The first kappa shape index (κ1) is 17.7. The molecule has 21 heavy (non-hydrogen) atoms. The number of hydrogen-bond donors (Lipinski definition) is 0. The zero-order valence-electron chi connectivity index (χ0n) is 13.9. The second-order valence-electron chi connectivity index (χ2n) is 5.90. The van der Waals surface area contributed by atoms with Crippen LogP contribution in [0.15, 0.2) is 24.3 Å². The molecule has 0 heterocycles. The molecule has 0 fully saturated rings. The first-order chi connectivity index (χ1) is 10.2. The molecule has 0 saturated heterocycles. The van der Waals surface area contributed by atoms with Crippen LogP contribution in [0.3, 0.4) is 0 Å². The van der Waals surface area contributed by atoms with Gasteiger partial charge in [-0.1, -0.05) is 81.7 Å². The van der Waals surface area contributed by atoms with Gasteiger partial charge in [0, 0.05) is 0 Å². The van der Waals surface area contributed by atoms with Gasteiger partial charge in [0.05, 0.1) is 13.0 Å². The van der Waals surface area contributed by atoms with Crippen LogP contribution >= 0.6 is 0 Å². The maximum atomic E-state index is 12.0. The van der Waals surface area contributed by atoms with E-state index in [0.717, 1.165) is 18.4 Å². The van der Waals surface area contributed by atoms with Gasteiger partial charge in [0.25, 0.3) is 0 Å². The molecule has 2 heteroatoms. The number of rotatable bonds is 10. The number of methoxy groups -OCH3 is 1. The molecule has 0 amide bonds. The number of carbonyl (C=O) groups excluding carboxylic acids is 1. The molecule has 0 aromatic heterocycles. The highest BCUT2D eigenvalue weighted by Gasteiger charge is 2.20. The highest BCUT2D eigenvalue weighted by molar-refractivity contribution is 5.78. The number of esters is 1. The summed E-state index contributed by atoms with van der Waals surface area (Å²) in [6, 6.07) is 8.24. The summed E-state index contributed by atoms with van der Waals surface area (Å²) in [6.45, 7) is 4.30. The van der Waals surface area contributed by atoms with E-state index in [2.05, 4.69) is 38.1 Å². The highest BCUT2D eigenvalue weighted by atomic mass is 16.5. The third-order valence-electron chi connectivity index (χ3n) is 4.06. The summed E-state index contributed by atoms with van der Waals surface area (Å²) in [6.07, 6.45) is 9.77. The van der Waals surface area contributed by atoms with Crippen molar-refractivity contribution >= 4 is 5.97 Å². The Morgan fingerprint density at radius 1 is 1.00 bits per heavy atom. The van der Waals surface area contributed by atoms with Crippen LogP contribution in [0.25, 0.3) is 0 Å². The van der Waals surface area contributed by atoms with Crippen molar-refractivity contribution in [3.63, 3.8) is 0 Å². The second kappa shape index (κ2) is 10.4. The summed E-state index contributed by atoms with van der Waals surface area (Å²) < 4.78 is 4.97. The average Bonchev–Trinajstić information content (AvgIpc) is 2.50.